The second-order valence-electron chi connectivity index (χ2n) is 7.10. The van der Waals surface area contributed by atoms with Gasteiger partial charge in [-0.1, -0.05) is 31.5 Å². The number of fused-ring (bicyclic) bond motifs is 2. The maximum Gasteiger partial charge on any atom is 0.182 e. The monoisotopic (exact) mass is 292 g/mol. The lowest BCUT2D eigenvalue weighted by atomic mass is 9.73. The fourth-order valence-electron chi connectivity index (χ4n) is 4.76. The minimum Gasteiger partial charge on any atom is -0.223 e. The molecule has 4 atom stereocenters. The van der Waals surface area contributed by atoms with Crippen LogP contribution in [0.1, 0.15) is 43.4 Å². The molecule has 0 bridgehead atoms. The van der Waals surface area contributed by atoms with Crippen LogP contribution in [0.4, 0.5) is 0 Å². The summed E-state index contributed by atoms with van der Waals surface area (Å²) in [5.41, 5.74) is 3.17. The maximum atomic E-state index is 13.1. The predicted octanol–water partition coefficient (Wildman–Crippen LogP) is 3.68. The van der Waals surface area contributed by atoms with Crippen LogP contribution in [0.5, 0.6) is 0 Å². The van der Waals surface area contributed by atoms with E-state index in [0.717, 1.165) is 30.4 Å². The molecule has 3 rings (SSSR count). The lowest BCUT2D eigenvalue weighted by Gasteiger charge is -2.43. The number of hydrogen-bond acceptors (Lipinski definition) is 2. The van der Waals surface area contributed by atoms with Gasteiger partial charge in [0.05, 0.1) is 10.1 Å². The molecule has 1 aromatic rings. The highest BCUT2D eigenvalue weighted by Crippen LogP contribution is 2.46. The summed E-state index contributed by atoms with van der Waals surface area (Å²) in [7, 11) is -3.16. The van der Waals surface area contributed by atoms with Crippen molar-refractivity contribution in [3.8, 4) is 0 Å². The molecule has 1 aromatic carbocycles. The van der Waals surface area contributed by atoms with E-state index >= 15 is 0 Å². The Kier molecular flexibility index (Phi) is 3.24. The summed E-state index contributed by atoms with van der Waals surface area (Å²) in [4.78, 5) is 0.644. The summed E-state index contributed by atoms with van der Waals surface area (Å²) >= 11 is 0. The molecular formula is C17H24O2S. The average Bonchev–Trinajstić information content (AvgIpc) is 2.24. The fourth-order valence-corrected chi connectivity index (χ4v) is 7.48. The van der Waals surface area contributed by atoms with Gasteiger partial charge in [0, 0.05) is 0 Å². The molecule has 1 aliphatic heterocycles. The number of aryl methyl sites for hydroxylation is 2. The van der Waals surface area contributed by atoms with Gasteiger partial charge in [-0.3, -0.25) is 0 Å². The van der Waals surface area contributed by atoms with Crippen LogP contribution in [0.3, 0.4) is 0 Å². The third-order valence-corrected chi connectivity index (χ3v) is 7.84. The van der Waals surface area contributed by atoms with E-state index in [0.29, 0.717) is 16.7 Å². The number of hydrogen-bond donors (Lipinski definition) is 0. The molecule has 2 aliphatic rings. The quantitative estimate of drug-likeness (QED) is 0.731. The highest BCUT2D eigenvalue weighted by Gasteiger charge is 2.47. The lowest BCUT2D eigenvalue weighted by Crippen LogP contribution is -2.45. The fraction of sp³-hybridized carbons (Fsp3) is 0.647. The summed E-state index contributed by atoms with van der Waals surface area (Å²) in [5, 5.41) is -0.160. The summed E-state index contributed by atoms with van der Waals surface area (Å²) in [6.45, 7) is 8.38. The molecule has 0 spiro atoms. The first kappa shape index (κ1) is 14.1. The van der Waals surface area contributed by atoms with E-state index in [4.69, 9.17) is 0 Å². The van der Waals surface area contributed by atoms with E-state index in [1.54, 1.807) is 0 Å². The summed E-state index contributed by atoms with van der Waals surface area (Å²) in [6.07, 6.45) is 3.04. The van der Waals surface area contributed by atoms with Crippen molar-refractivity contribution in [3.05, 3.63) is 28.8 Å². The minimum atomic E-state index is -3.16. The van der Waals surface area contributed by atoms with E-state index in [1.165, 1.54) is 5.56 Å². The smallest absolute Gasteiger partial charge is 0.182 e. The second-order valence-corrected chi connectivity index (χ2v) is 9.14. The first-order valence-electron chi connectivity index (χ1n) is 7.64. The second kappa shape index (κ2) is 4.59. The Bertz CT molecular complexity index is 645. The molecule has 0 radical (unpaired) electrons. The standard InChI is InChI=1S/C17H24O2S/c1-10-5-12(3)16-14(7-10)9-15-8-11(2)6-13(4)17(15)20(16,18)19/h5,7,11,13,15,17H,6,8-9H2,1-4H3. The van der Waals surface area contributed by atoms with Crippen molar-refractivity contribution < 1.29 is 8.42 Å². The molecule has 3 heteroatoms. The van der Waals surface area contributed by atoms with Gasteiger partial charge in [-0.2, -0.15) is 0 Å². The van der Waals surface area contributed by atoms with Gasteiger partial charge in [-0.05, 0) is 62.0 Å². The largest absolute Gasteiger partial charge is 0.223 e. The van der Waals surface area contributed by atoms with Gasteiger partial charge in [0.2, 0.25) is 0 Å². The Morgan fingerprint density at radius 3 is 2.50 bits per heavy atom. The first-order valence-corrected chi connectivity index (χ1v) is 9.19. The molecule has 1 saturated carbocycles. The number of rotatable bonds is 0. The van der Waals surface area contributed by atoms with Gasteiger partial charge in [-0.15, -0.1) is 0 Å². The zero-order valence-electron chi connectivity index (χ0n) is 12.8. The van der Waals surface area contributed by atoms with Crippen LogP contribution in [-0.2, 0) is 16.3 Å². The zero-order valence-corrected chi connectivity index (χ0v) is 13.6. The van der Waals surface area contributed by atoms with E-state index in [-0.39, 0.29) is 11.2 Å². The van der Waals surface area contributed by atoms with Gasteiger partial charge in [0.15, 0.2) is 9.84 Å². The molecule has 1 aliphatic carbocycles. The van der Waals surface area contributed by atoms with Crippen LogP contribution in [0.15, 0.2) is 17.0 Å². The molecule has 0 amide bonds. The van der Waals surface area contributed by atoms with Crippen LogP contribution in [0.25, 0.3) is 0 Å². The lowest BCUT2D eigenvalue weighted by molar-refractivity contribution is 0.216. The van der Waals surface area contributed by atoms with E-state index < -0.39 is 9.84 Å². The van der Waals surface area contributed by atoms with E-state index in [2.05, 4.69) is 26.8 Å². The Morgan fingerprint density at radius 2 is 1.80 bits per heavy atom. The normalized spacial score (nSPS) is 35.2. The minimum absolute atomic E-state index is 0.160. The third kappa shape index (κ3) is 2.02. The van der Waals surface area contributed by atoms with Crippen LogP contribution in [0, 0.1) is 31.6 Å². The molecule has 0 aromatic heterocycles. The summed E-state index contributed by atoms with van der Waals surface area (Å²) in [6, 6.07) is 4.09. The molecule has 20 heavy (non-hydrogen) atoms. The molecule has 0 N–H and O–H groups in total. The topological polar surface area (TPSA) is 34.1 Å². The Labute approximate surface area is 122 Å². The van der Waals surface area contributed by atoms with Crippen molar-refractivity contribution in [3.63, 3.8) is 0 Å². The van der Waals surface area contributed by atoms with Crippen LogP contribution < -0.4 is 0 Å². The molecule has 4 unspecified atom stereocenters. The molecule has 0 saturated heterocycles. The number of sulfone groups is 1. The van der Waals surface area contributed by atoms with Crippen molar-refractivity contribution in [1.82, 2.24) is 0 Å². The highest BCUT2D eigenvalue weighted by atomic mass is 32.2. The SMILES string of the molecule is Cc1cc(C)c2c(c1)CC1CC(C)CC(C)C1S2(=O)=O. The van der Waals surface area contributed by atoms with Crippen LogP contribution in [0.2, 0.25) is 0 Å². The Hall–Kier alpha value is -0.830. The Balaban J connectivity index is 2.19. The molecule has 1 fully saturated rings. The molecule has 1 heterocycles. The van der Waals surface area contributed by atoms with Crippen molar-refractivity contribution in [2.45, 2.75) is 57.1 Å². The van der Waals surface area contributed by atoms with Crippen molar-refractivity contribution >= 4 is 9.84 Å². The van der Waals surface area contributed by atoms with Gasteiger partial charge >= 0.3 is 0 Å². The van der Waals surface area contributed by atoms with Crippen molar-refractivity contribution in [2.24, 2.45) is 17.8 Å². The highest BCUT2D eigenvalue weighted by molar-refractivity contribution is 7.92. The van der Waals surface area contributed by atoms with Gasteiger partial charge in [0.1, 0.15) is 0 Å². The maximum absolute atomic E-state index is 13.1. The molecular weight excluding hydrogens is 268 g/mol. The van der Waals surface area contributed by atoms with E-state index in [1.807, 2.05) is 13.0 Å². The van der Waals surface area contributed by atoms with Gasteiger partial charge in [-0.25, -0.2) is 8.42 Å². The first-order chi connectivity index (χ1) is 9.30. The van der Waals surface area contributed by atoms with Crippen LogP contribution in [-0.4, -0.2) is 13.7 Å². The zero-order chi connectivity index (χ0) is 14.7. The molecule has 2 nitrogen and oxygen atoms in total. The van der Waals surface area contributed by atoms with Crippen molar-refractivity contribution in [2.75, 3.05) is 0 Å². The Morgan fingerprint density at radius 1 is 1.10 bits per heavy atom. The van der Waals surface area contributed by atoms with Crippen molar-refractivity contribution in [1.29, 1.82) is 0 Å². The summed E-state index contributed by atoms with van der Waals surface area (Å²) in [5.74, 6) is 1.24. The van der Waals surface area contributed by atoms with Crippen LogP contribution >= 0.6 is 0 Å². The van der Waals surface area contributed by atoms with Gasteiger partial charge < -0.3 is 0 Å². The summed E-state index contributed by atoms with van der Waals surface area (Å²) < 4.78 is 26.2. The number of benzene rings is 1. The predicted molar refractivity (Wildman–Crippen MR) is 81.6 cm³/mol. The van der Waals surface area contributed by atoms with E-state index in [9.17, 15) is 8.42 Å². The molecule has 110 valence electrons. The van der Waals surface area contributed by atoms with Gasteiger partial charge in [0.25, 0.3) is 0 Å². The average molecular weight is 292 g/mol. The third-order valence-electron chi connectivity index (χ3n) is 5.13.